The smallest absolute Gasteiger partial charge is 0.321 e. The van der Waals surface area contributed by atoms with Crippen LogP contribution in [0, 0.1) is 5.82 Å². The molecule has 4 N–H and O–H groups in total. The standard InChI is InChI=1S/C12H15FN2O4/c13-8-2-1-3-9(6-8)15-11(17)7-10(12(18)19)14-4-5-16/h1-3,6,10,14,16H,4-5,7H2,(H,15,17)(H,18,19). The van der Waals surface area contributed by atoms with Gasteiger partial charge in [0.25, 0.3) is 0 Å². The third-order valence-electron chi connectivity index (χ3n) is 2.30. The molecule has 1 unspecified atom stereocenters. The summed E-state index contributed by atoms with van der Waals surface area (Å²) in [6, 6.07) is 4.20. The van der Waals surface area contributed by atoms with Crippen molar-refractivity contribution in [1.82, 2.24) is 5.32 Å². The molecule has 0 fully saturated rings. The van der Waals surface area contributed by atoms with Crippen molar-refractivity contribution >= 4 is 17.6 Å². The lowest BCUT2D eigenvalue weighted by atomic mass is 10.2. The molecule has 1 atom stereocenters. The number of anilines is 1. The molecule has 6 nitrogen and oxygen atoms in total. The van der Waals surface area contributed by atoms with Gasteiger partial charge in [-0.05, 0) is 18.2 Å². The number of rotatable bonds is 7. The molecule has 0 saturated carbocycles. The summed E-state index contributed by atoms with van der Waals surface area (Å²) in [5.74, 6) is -2.24. The van der Waals surface area contributed by atoms with E-state index in [1.54, 1.807) is 0 Å². The number of carboxylic acids is 1. The van der Waals surface area contributed by atoms with Crippen LogP contribution >= 0.6 is 0 Å². The van der Waals surface area contributed by atoms with Gasteiger partial charge in [0.1, 0.15) is 11.9 Å². The fraction of sp³-hybridized carbons (Fsp3) is 0.333. The molecular weight excluding hydrogens is 255 g/mol. The van der Waals surface area contributed by atoms with Gasteiger partial charge in [0.05, 0.1) is 13.0 Å². The zero-order valence-electron chi connectivity index (χ0n) is 10.1. The number of aliphatic hydroxyl groups excluding tert-OH is 1. The van der Waals surface area contributed by atoms with Crippen LogP contribution in [0.1, 0.15) is 6.42 Å². The summed E-state index contributed by atoms with van der Waals surface area (Å²) in [5, 5.41) is 22.4. The number of aliphatic carboxylic acids is 1. The van der Waals surface area contributed by atoms with Crippen molar-refractivity contribution in [3.8, 4) is 0 Å². The fourth-order valence-corrected chi connectivity index (χ4v) is 1.45. The Morgan fingerprint density at radius 3 is 2.68 bits per heavy atom. The maximum absolute atomic E-state index is 12.9. The van der Waals surface area contributed by atoms with Crippen molar-refractivity contribution in [3.63, 3.8) is 0 Å². The Labute approximate surface area is 109 Å². The number of amides is 1. The van der Waals surface area contributed by atoms with Gasteiger partial charge in [0.2, 0.25) is 5.91 Å². The van der Waals surface area contributed by atoms with Crippen molar-refractivity contribution in [2.75, 3.05) is 18.5 Å². The average Bonchev–Trinajstić information content (AvgIpc) is 2.34. The monoisotopic (exact) mass is 270 g/mol. The highest BCUT2D eigenvalue weighted by Crippen LogP contribution is 2.09. The molecule has 0 spiro atoms. The molecule has 0 radical (unpaired) electrons. The molecular formula is C12H15FN2O4. The van der Waals surface area contributed by atoms with E-state index in [-0.39, 0.29) is 25.3 Å². The summed E-state index contributed by atoms with van der Waals surface area (Å²) in [5.41, 5.74) is 0.260. The van der Waals surface area contributed by atoms with Gasteiger partial charge >= 0.3 is 5.97 Å². The third kappa shape index (κ3) is 5.45. The molecule has 0 heterocycles. The lowest BCUT2D eigenvalue weighted by Gasteiger charge is -2.13. The van der Waals surface area contributed by atoms with Crippen molar-refractivity contribution in [3.05, 3.63) is 30.1 Å². The van der Waals surface area contributed by atoms with Crippen LogP contribution < -0.4 is 10.6 Å². The minimum Gasteiger partial charge on any atom is -0.480 e. The second kappa shape index (κ2) is 7.45. The first kappa shape index (κ1) is 15.1. The number of benzene rings is 1. The Bertz CT molecular complexity index is 453. The summed E-state index contributed by atoms with van der Waals surface area (Å²) in [6.07, 6.45) is -0.314. The first-order valence-electron chi connectivity index (χ1n) is 5.65. The molecule has 0 aromatic heterocycles. The number of nitrogens with one attached hydrogen (secondary N) is 2. The third-order valence-corrected chi connectivity index (χ3v) is 2.30. The van der Waals surface area contributed by atoms with Gasteiger partial charge in [0, 0.05) is 12.2 Å². The molecule has 0 bridgehead atoms. The largest absolute Gasteiger partial charge is 0.480 e. The molecule has 0 aliphatic heterocycles. The maximum atomic E-state index is 12.9. The van der Waals surface area contributed by atoms with Crippen LogP contribution in [-0.2, 0) is 9.59 Å². The second-order valence-corrected chi connectivity index (χ2v) is 3.83. The van der Waals surface area contributed by atoms with Gasteiger partial charge in [-0.1, -0.05) is 6.07 Å². The van der Waals surface area contributed by atoms with Crippen molar-refractivity contribution < 1.29 is 24.2 Å². The van der Waals surface area contributed by atoms with E-state index < -0.39 is 23.7 Å². The summed E-state index contributed by atoms with van der Waals surface area (Å²) >= 11 is 0. The van der Waals surface area contributed by atoms with Gasteiger partial charge < -0.3 is 20.8 Å². The zero-order chi connectivity index (χ0) is 14.3. The predicted octanol–water partition coefficient (Wildman–Crippen LogP) is 0.189. The van der Waals surface area contributed by atoms with E-state index in [2.05, 4.69) is 10.6 Å². The van der Waals surface area contributed by atoms with Gasteiger partial charge in [0.15, 0.2) is 0 Å². The minimum absolute atomic E-state index is 0.0736. The number of carbonyl (C=O) groups is 2. The fourth-order valence-electron chi connectivity index (χ4n) is 1.45. The predicted molar refractivity (Wildman–Crippen MR) is 66.2 cm³/mol. The topological polar surface area (TPSA) is 98.7 Å². The van der Waals surface area contributed by atoms with Gasteiger partial charge in [-0.25, -0.2) is 4.39 Å². The molecule has 0 aliphatic rings. The van der Waals surface area contributed by atoms with Gasteiger partial charge in [-0.3, -0.25) is 9.59 Å². The van der Waals surface area contributed by atoms with E-state index >= 15 is 0 Å². The molecule has 1 aromatic rings. The molecule has 0 aliphatic carbocycles. The highest BCUT2D eigenvalue weighted by Gasteiger charge is 2.20. The highest BCUT2D eigenvalue weighted by molar-refractivity contribution is 5.94. The quantitative estimate of drug-likeness (QED) is 0.567. The zero-order valence-corrected chi connectivity index (χ0v) is 10.1. The van der Waals surface area contributed by atoms with Crippen LogP contribution in [0.5, 0.6) is 0 Å². The Morgan fingerprint density at radius 1 is 1.37 bits per heavy atom. The van der Waals surface area contributed by atoms with Crippen molar-refractivity contribution in [1.29, 1.82) is 0 Å². The normalized spacial score (nSPS) is 11.9. The van der Waals surface area contributed by atoms with Crippen LogP contribution in [0.25, 0.3) is 0 Å². The highest BCUT2D eigenvalue weighted by atomic mass is 19.1. The Kier molecular flexibility index (Phi) is 5.91. The van der Waals surface area contributed by atoms with Crippen LogP contribution in [-0.4, -0.2) is 41.3 Å². The SMILES string of the molecule is O=C(CC(NCCO)C(=O)O)Nc1cccc(F)c1. The summed E-state index contributed by atoms with van der Waals surface area (Å²) in [4.78, 5) is 22.5. The number of carbonyl (C=O) groups excluding carboxylic acids is 1. The number of hydrogen-bond donors (Lipinski definition) is 4. The molecule has 19 heavy (non-hydrogen) atoms. The number of halogens is 1. The molecule has 104 valence electrons. The molecule has 7 heteroatoms. The Hall–Kier alpha value is -1.99. The number of aliphatic hydroxyl groups is 1. The first-order valence-corrected chi connectivity index (χ1v) is 5.65. The van der Waals surface area contributed by atoms with E-state index in [1.165, 1.54) is 18.2 Å². The number of carboxylic acid groups (broad SMARTS) is 1. The van der Waals surface area contributed by atoms with E-state index in [0.29, 0.717) is 0 Å². The van der Waals surface area contributed by atoms with Crippen LogP contribution in [0.3, 0.4) is 0 Å². The second-order valence-electron chi connectivity index (χ2n) is 3.83. The maximum Gasteiger partial charge on any atom is 0.321 e. The molecule has 1 aromatic carbocycles. The van der Waals surface area contributed by atoms with E-state index in [9.17, 15) is 14.0 Å². The van der Waals surface area contributed by atoms with Crippen LogP contribution in [0.15, 0.2) is 24.3 Å². The summed E-state index contributed by atoms with van der Waals surface area (Å²) in [6.45, 7) is -0.153. The lowest BCUT2D eigenvalue weighted by molar-refractivity contribution is -0.141. The van der Waals surface area contributed by atoms with Crippen molar-refractivity contribution in [2.45, 2.75) is 12.5 Å². The molecule has 1 rings (SSSR count). The molecule has 1 amide bonds. The Balaban J connectivity index is 2.55. The number of hydrogen-bond acceptors (Lipinski definition) is 4. The van der Waals surface area contributed by atoms with E-state index in [1.807, 2.05) is 0 Å². The van der Waals surface area contributed by atoms with Gasteiger partial charge in [-0.2, -0.15) is 0 Å². The van der Waals surface area contributed by atoms with Crippen molar-refractivity contribution in [2.24, 2.45) is 0 Å². The van der Waals surface area contributed by atoms with Crippen LogP contribution in [0.4, 0.5) is 10.1 Å². The van der Waals surface area contributed by atoms with E-state index in [4.69, 9.17) is 10.2 Å². The lowest BCUT2D eigenvalue weighted by Crippen LogP contribution is -2.41. The minimum atomic E-state index is -1.19. The summed E-state index contributed by atoms with van der Waals surface area (Å²) < 4.78 is 12.9. The van der Waals surface area contributed by atoms with Gasteiger partial charge in [-0.15, -0.1) is 0 Å². The van der Waals surface area contributed by atoms with E-state index in [0.717, 1.165) is 6.07 Å². The average molecular weight is 270 g/mol. The first-order chi connectivity index (χ1) is 9.02. The molecule has 0 saturated heterocycles. The summed E-state index contributed by atoms with van der Waals surface area (Å²) in [7, 11) is 0. The Morgan fingerprint density at radius 2 is 2.11 bits per heavy atom. The van der Waals surface area contributed by atoms with Crippen LogP contribution in [0.2, 0.25) is 0 Å².